The molecule has 1 spiro atoms. The van der Waals surface area contributed by atoms with Gasteiger partial charge in [-0.25, -0.2) is 0 Å². The van der Waals surface area contributed by atoms with E-state index in [9.17, 15) is 9.59 Å². The predicted octanol–water partition coefficient (Wildman–Crippen LogP) is 1.97. The summed E-state index contributed by atoms with van der Waals surface area (Å²) in [6, 6.07) is 0. The maximum atomic E-state index is 11.9. The van der Waals surface area contributed by atoms with Crippen LogP contribution in [0.25, 0.3) is 0 Å². The fourth-order valence-electron chi connectivity index (χ4n) is 2.34. The van der Waals surface area contributed by atoms with E-state index in [-0.39, 0.29) is 11.8 Å². The van der Waals surface area contributed by atoms with Crippen LogP contribution >= 0.6 is 0 Å². The molecule has 1 saturated heterocycles. The molecule has 0 aromatic carbocycles. The third-order valence-electron chi connectivity index (χ3n) is 3.17. The first-order valence-corrected chi connectivity index (χ1v) is 5.08. The monoisotopic (exact) mass is 194 g/mol. The van der Waals surface area contributed by atoms with Crippen molar-refractivity contribution in [3.8, 4) is 0 Å². The Labute approximate surface area is 83.1 Å². The van der Waals surface area contributed by atoms with Gasteiger partial charge in [-0.3, -0.25) is 9.59 Å². The second-order valence-electron chi connectivity index (χ2n) is 4.17. The summed E-state index contributed by atoms with van der Waals surface area (Å²) in [7, 11) is 0. The predicted molar refractivity (Wildman–Crippen MR) is 50.4 cm³/mol. The summed E-state index contributed by atoms with van der Waals surface area (Å²) in [4.78, 5) is 23.5. The Bertz CT molecular complexity index is 306. The highest BCUT2D eigenvalue weighted by Gasteiger charge is 2.51. The second kappa shape index (κ2) is 3.23. The van der Waals surface area contributed by atoms with Gasteiger partial charge in [-0.05, 0) is 12.8 Å². The molecule has 3 heteroatoms. The van der Waals surface area contributed by atoms with E-state index in [1.807, 2.05) is 0 Å². The Morgan fingerprint density at radius 2 is 2.00 bits per heavy atom. The summed E-state index contributed by atoms with van der Waals surface area (Å²) < 4.78 is 4.93. The number of carbonyl (C=O) groups is 2. The van der Waals surface area contributed by atoms with Crippen molar-refractivity contribution < 1.29 is 14.3 Å². The molecule has 0 aromatic heterocycles. The first kappa shape index (κ1) is 9.44. The molecular formula is C11H14O3. The average Bonchev–Trinajstić information content (AvgIpc) is 2.31. The molecule has 0 N–H and O–H groups in total. The highest BCUT2D eigenvalue weighted by atomic mass is 16.5. The maximum Gasteiger partial charge on any atom is 0.325 e. The van der Waals surface area contributed by atoms with Gasteiger partial charge in [0.1, 0.15) is 11.2 Å². The van der Waals surface area contributed by atoms with Gasteiger partial charge in [-0.15, -0.1) is 0 Å². The molecular weight excluding hydrogens is 180 g/mol. The Hall–Kier alpha value is -1.12. The van der Waals surface area contributed by atoms with Crippen LogP contribution in [0.3, 0.4) is 0 Å². The van der Waals surface area contributed by atoms with Crippen LogP contribution in [0.4, 0.5) is 0 Å². The quantitative estimate of drug-likeness (QED) is 0.437. The Balaban J connectivity index is 2.31. The van der Waals surface area contributed by atoms with E-state index in [1.165, 1.54) is 0 Å². The lowest BCUT2D eigenvalue weighted by Crippen LogP contribution is -2.34. The van der Waals surface area contributed by atoms with Crippen molar-refractivity contribution in [1.29, 1.82) is 0 Å². The van der Waals surface area contributed by atoms with Crippen LogP contribution in [0.15, 0.2) is 12.3 Å². The van der Waals surface area contributed by atoms with Crippen molar-refractivity contribution >= 4 is 11.8 Å². The lowest BCUT2D eigenvalue weighted by atomic mass is 9.78. The van der Waals surface area contributed by atoms with E-state index in [1.54, 1.807) is 0 Å². The molecule has 1 saturated carbocycles. The van der Waals surface area contributed by atoms with Crippen molar-refractivity contribution in [1.82, 2.24) is 0 Å². The molecule has 3 nitrogen and oxygen atoms in total. The van der Waals surface area contributed by atoms with Gasteiger partial charge in [0, 0.05) is 12.8 Å². The normalized spacial score (nSPS) is 33.3. The molecule has 2 aliphatic rings. The van der Waals surface area contributed by atoms with E-state index < -0.39 is 5.41 Å². The Morgan fingerprint density at radius 3 is 2.64 bits per heavy atom. The summed E-state index contributed by atoms with van der Waals surface area (Å²) in [6.45, 7) is 3.62. The van der Waals surface area contributed by atoms with Crippen LogP contribution in [0.2, 0.25) is 0 Å². The van der Waals surface area contributed by atoms with Crippen LogP contribution in [0.5, 0.6) is 0 Å². The van der Waals surface area contributed by atoms with Gasteiger partial charge in [0.05, 0.1) is 0 Å². The highest BCUT2D eigenvalue weighted by molar-refractivity contribution is 6.05. The number of ether oxygens (including phenoxy) is 1. The number of allylic oxidation sites excluding steroid dienone is 1. The van der Waals surface area contributed by atoms with Gasteiger partial charge in [0.2, 0.25) is 0 Å². The molecule has 0 aromatic rings. The third-order valence-corrected chi connectivity index (χ3v) is 3.17. The first-order valence-electron chi connectivity index (χ1n) is 5.08. The fourth-order valence-corrected chi connectivity index (χ4v) is 2.34. The molecule has 0 radical (unpaired) electrons. The highest BCUT2D eigenvalue weighted by Crippen LogP contribution is 2.43. The number of hydrogen-bond acceptors (Lipinski definition) is 3. The number of esters is 1. The van der Waals surface area contributed by atoms with Crippen molar-refractivity contribution in [2.24, 2.45) is 5.41 Å². The van der Waals surface area contributed by atoms with Crippen LogP contribution in [0, 0.1) is 5.41 Å². The zero-order valence-electron chi connectivity index (χ0n) is 8.17. The van der Waals surface area contributed by atoms with Crippen LogP contribution in [-0.4, -0.2) is 11.8 Å². The number of Topliss-reactive ketones (excluding diaryl/α,β-unsaturated/α-hetero) is 1. The average molecular weight is 194 g/mol. The molecule has 1 unspecified atom stereocenters. The van der Waals surface area contributed by atoms with E-state index in [0.29, 0.717) is 25.0 Å². The summed E-state index contributed by atoms with van der Waals surface area (Å²) in [5.74, 6) is 0.137. The van der Waals surface area contributed by atoms with Gasteiger partial charge in [-0.1, -0.05) is 19.4 Å². The van der Waals surface area contributed by atoms with Gasteiger partial charge in [-0.2, -0.15) is 0 Å². The number of hydrogen-bond donors (Lipinski definition) is 0. The molecule has 1 heterocycles. The summed E-state index contributed by atoms with van der Waals surface area (Å²) in [5, 5.41) is 0. The van der Waals surface area contributed by atoms with Gasteiger partial charge in [0.25, 0.3) is 0 Å². The lowest BCUT2D eigenvalue weighted by molar-refractivity contribution is -0.150. The molecule has 2 rings (SSSR count). The van der Waals surface area contributed by atoms with Gasteiger partial charge >= 0.3 is 5.97 Å². The van der Waals surface area contributed by atoms with Crippen molar-refractivity contribution in [3.63, 3.8) is 0 Å². The maximum absolute atomic E-state index is 11.9. The van der Waals surface area contributed by atoms with E-state index in [4.69, 9.17) is 4.74 Å². The summed E-state index contributed by atoms with van der Waals surface area (Å²) in [6.07, 6.45) is 4.44. The Morgan fingerprint density at radius 1 is 1.21 bits per heavy atom. The number of carbonyl (C=O) groups excluding carboxylic acids is 2. The number of rotatable bonds is 0. The van der Waals surface area contributed by atoms with Gasteiger partial charge in [0.15, 0.2) is 5.78 Å². The molecule has 1 aliphatic heterocycles. The lowest BCUT2D eigenvalue weighted by Gasteiger charge is -2.19. The SMILES string of the molecule is C=C1CC2(CCCCCC2=O)C(=O)O1. The minimum absolute atomic E-state index is 0.0543. The molecule has 2 fully saturated rings. The summed E-state index contributed by atoms with van der Waals surface area (Å²) >= 11 is 0. The van der Waals surface area contributed by atoms with Crippen LogP contribution in [0.1, 0.15) is 38.5 Å². The molecule has 0 amide bonds. The fraction of sp³-hybridized carbons (Fsp3) is 0.636. The standard InChI is InChI=1S/C11H14O3/c1-8-7-11(10(13)14-8)6-4-2-3-5-9(11)12/h1-7H2. The Kier molecular flexibility index (Phi) is 2.17. The van der Waals surface area contributed by atoms with E-state index in [0.717, 1.165) is 19.3 Å². The van der Waals surface area contributed by atoms with E-state index in [2.05, 4.69) is 6.58 Å². The molecule has 1 aliphatic carbocycles. The van der Waals surface area contributed by atoms with Crippen molar-refractivity contribution in [3.05, 3.63) is 12.3 Å². The summed E-state index contributed by atoms with van der Waals surface area (Å²) in [5.41, 5.74) is -0.854. The van der Waals surface area contributed by atoms with E-state index >= 15 is 0 Å². The van der Waals surface area contributed by atoms with Crippen molar-refractivity contribution in [2.75, 3.05) is 0 Å². The largest absolute Gasteiger partial charge is 0.431 e. The third kappa shape index (κ3) is 1.27. The number of ketones is 1. The minimum Gasteiger partial charge on any atom is -0.431 e. The topological polar surface area (TPSA) is 43.4 Å². The molecule has 14 heavy (non-hydrogen) atoms. The van der Waals surface area contributed by atoms with Gasteiger partial charge < -0.3 is 4.74 Å². The molecule has 0 bridgehead atoms. The second-order valence-corrected chi connectivity index (χ2v) is 4.17. The smallest absolute Gasteiger partial charge is 0.325 e. The minimum atomic E-state index is -0.854. The first-order chi connectivity index (χ1) is 6.65. The molecule has 76 valence electrons. The zero-order chi connectivity index (χ0) is 10.2. The van der Waals surface area contributed by atoms with Crippen molar-refractivity contribution in [2.45, 2.75) is 38.5 Å². The zero-order valence-corrected chi connectivity index (χ0v) is 8.17. The molecule has 1 atom stereocenters. The number of cyclic esters (lactones) is 1. The van der Waals surface area contributed by atoms with Crippen LogP contribution in [-0.2, 0) is 14.3 Å². The van der Waals surface area contributed by atoms with Crippen LogP contribution < -0.4 is 0 Å².